The van der Waals surface area contributed by atoms with Gasteiger partial charge < -0.3 is 0 Å². The van der Waals surface area contributed by atoms with Gasteiger partial charge in [-0.2, -0.15) is 0 Å². The number of hydrogen-bond acceptors (Lipinski definition) is 5. The van der Waals surface area contributed by atoms with Gasteiger partial charge in [0.1, 0.15) is 4.90 Å². The summed E-state index contributed by atoms with van der Waals surface area (Å²) in [6.07, 6.45) is 9.47. The molecule has 196 valence electrons. The summed E-state index contributed by atoms with van der Waals surface area (Å²) in [5.74, 6) is -1.04. The second kappa shape index (κ2) is 13.1. The van der Waals surface area contributed by atoms with Gasteiger partial charge >= 0.3 is 0 Å². The largest absolute Gasteiger partial charge is 0.282 e. The van der Waals surface area contributed by atoms with E-state index in [2.05, 4.69) is 17.1 Å². The molecule has 36 heavy (non-hydrogen) atoms. The van der Waals surface area contributed by atoms with E-state index >= 15 is 0 Å². The van der Waals surface area contributed by atoms with Crippen LogP contribution >= 0.6 is 11.6 Å². The summed E-state index contributed by atoms with van der Waals surface area (Å²) >= 11 is 6.15. The minimum Gasteiger partial charge on any atom is -0.282 e. The average molecular weight is 534 g/mol. The zero-order valence-corrected chi connectivity index (χ0v) is 22.6. The lowest BCUT2D eigenvalue weighted by molar-refractivity contribution is -0.119. The smallest absolute Gasteiger partial charge is 0.269 e. The van der Waals surface area contributed by atoms with Gasteiger partial charge in [-0.25, -0.2) is 13.1 Å². The molecule has 0 bridgehead atoms. The van der Waals surface area contributed by atoms with Crippen LogP contribution in [0.4, 0.5) is 5.69 Å². The number of amides is 2. The van der Waals surface area contributed by atoms with Gasteiger partial charge in [0.25, 0.3) is 15.9 Å². The first-order chi connectivity index (χ1) is 17.2. The topological polar surface area (TPSA) is 95.6 Å². The maximum absolute atomic E-state index is 13.0. The summed E-state index contributed by atoms with van der Waals surface area (Å²) < 4.78 is 27.8. The standard InChI is InChI=1S/C27H36ClN3O4S/c1-3-4-5-6-7-8-9-10-15-26(32)30-36(34,35)25-19-22(16-17-23(25)28)27(33)29-31-20(2)18-21-13-11-12-14-24(21)31/h11-14,16-17,19-20H,3-10,15,18H2,1-2H3,(H,29,33)(H,30,32). The van der Waals surface area contributed by atoms with Crippen molar-refractivity contribution in [3.8, 4) is 0 Å². The summed E-state index contributed by atoms with van der Waals surface area (Å²) in [7, 11) is -4.22. The summed E-state index contributed by atoms with van der Waals surface area (Å²) in [6, 6.07) is 11.9. The third-order valence-electron chi connectivity index (χ3n) is 6.42. The molecule has 0 aromatic heterocycles. The number of rotatable bonds is 13. The number of benzene rings is 2. The van der Waals surface area contributed by atoms with Gasteiger partial charge in [-0.1, -0.05) is 81.7 Å². The Morgan fingerprint density at radius 3 is 2.39 bits per heavy atom. The van der Waals surface area contributed by atoms with E-state index in [1.54, 1.807) is 5.01 Å². The minimum absolute atomic E-state index is 0.0532. The molecular formula is C27H36ClN3O4S. The Morgan fingerprint density at radius 1 is 1.00 bits per heavy atom. The lowest BCUT2D eigenvalue weighted by atomic mass is 10.1. The van der Waals surface area contributed by atoms with E-state index in [0.717, 1.165) is 36.9 Å². The Bertz CT molecular complexity index is 1170. The van der Waals surface area contributed by atoms with Crippen LogP contribution in [0.25, 0.3) is 0 Å². The SMILES string of the molecule is CCCCCCCCCCC(=O)NS(=O)(=O)c1cc(C(=O)NN2c3ccccc3CC2C)ccc1Cl. The molecule has 1 aliphatic heterocycles. The van der Waals surface area contributed by atoms with Gasteiger partial charge in [0.2, 0.25) is 5.91 Å². The lowest BCUT2D eigenvalue weighted by Crippen LogP contribution is -2.45. The predicted molar refractivity (Wildman–Crippen MR) is 144 cm³/mol. The molecule has 7 nitrogen and oxygen atoms in total. The highest BCUT2D eigenvalue weighted by molar-refractivity contribution is 7.90. The highest BCUT2D eigenvalue weighted by Crippen LogP contribution is 2.30. The van der Waals surface area contributed by atoms with Crippen molar-refractivity contribution in [1.29, 1.82) is 0 Å². The van der Waals surface area contributed by atoms with Crippen molar-refractivity contribution in [2.45, 2.75) is 89.0 Å². The molecular weight excluding hydrogens is 498 g/mol. The van der Waals surface area contributed by atoms with Crippen LogP contribution in [-0.4, -0.2) is 26.3 Å². The molecule has 9 heteroatoms. The average Bonchev–Trinajstić information content (AvgIpc) is 3.15. The van der Waals surface area contributed by atoms with Gasteiger partial charge in [0, 0.05) is 12.0 Å². The number of fused-ring (bicyclic) bond motifs is 1. The number of carbonyl (C=O) groups is 2. The van der Waals surface area contributed by atoms with Crippen molar-refractivity contribution in [1.82, 2.24) is 10.1 Å². The van der Waals surface area contributed by atoms with Crippen LogP contribution in [-0.2, 0) is 21.2 Å². The van der Waals surface area contributed by atoms with Gasteiger partial charge in [-0.3, -0.25) is 20.0 Å². The maximum atomic E-state index is 13.0. The molecule has 0 radical (unpaired) electrons. The first-order valence-electron chi connectivity index (χ1n) is 12.8. The molecule has 0 spiro atoms. The van der Waals surface area contributed by atoms with Crippen LogP contribution in [0, 0.1) is 0 Å². The van der Waals surface area contributed by atoms with E-state index in [1.807, 2.05) is 31.2 Å². The van der Waals surface area contributed by atoms with E-state index in [0.29, 0.717) is 6.42 Å². The van der Waals surface area contributed by atoms with Crippen LogP contribution in [0.5, 0.6) is 0 Å². The van der Waals surface area contributed by atoms with Crippen molar-refractivity contribution in [3.05, 3.63) is 58.6 Å². The number of para-hydroxylation sites is 1. The zero-order chi connectivity index (χ0) is 26.1. The van der Waals surface area contributed by atoms with Crippen molar-refractivity contribution >= 4 is 39.1 Å². The lowest BCUT2D eigenvalue weighted by Gasteiger charge is -2.25. The quantitative estimate of drug-likeness (QED) is 0.318. The number of halogens is 1. The number of nitrogens with zero attached hydrogens (tertiary/aromatic N) is 1. The molecule has 1 aliphatic rings. The Labute approximate surface area is 219 Å². The molecule has 0 aliphatic carbocycles. The molecule has 1 atom stereocenters. The Morgan fingerprint density at radius 2 is 1.67 bits per heavy atom. The van der Waals surface area contributed by atoms with E-state index < -0.39 is 21.8 Å². The first-order valence-corrected chi connectivity index (χ1v) is 14.6. The second-order valence-corrected chi connectivity index (χ2v) is 11.4. The number of unbranched alkanes of at least 4 members (excludes halogenated alkanes) is 7. The molecule has 1 unspecified atom stereocenters. The molecule has 0 saturated heterocycles. The molecule has 1 heterocycles. The van der Waals surface area contributed by atoms with Gasteiger partial charge in [-0.15, -0.1) is 0 Å². The number of hydrogen-bond donors (Lipinski definition) is 2. The van der Waals surface area contributed by atoms with Crippen molar-refractivity contribution in [2.24, 2.45) is 0 Å². The fraction of sp³-hybridized carbons (Fsp3) is 0.481. The van der Waals surface area contributed by atoms with Crippen LogP contribution in [0.1, 0.15) is 87.6 Å². The normalized spacial score (nSPS) is 15.0. The number of anilines is 1. The molecule has 2 N–H and O–H groups in total. The van der Waals surface area contributed by atoms with Gasteiger partial charge in [0.05, 0.1) is 16.8 Å². The number of nitrogens with one attached hydrogen (secondary N) is 2. The summed E-state index contributed by atoms with van der Waals surface area (Å²) in [5.41, 5.74) is 5.04. The predicted octanol–water partition coefficient (Wildman–Crippen LogP) is 5.77. The molecule has 0 fully saturated rings. The highest BCUT2D eigenvalue weighted by atomic mass is 35.5. The first kappa shape index (κ1) is 28.0. The maximum Gasteiger partial charge on any atom is 0.269 e. The third kappa shape index (κ3) is 7.46. The minimum atomic E-state index is -4.22. The highest BCUT2D eigenvalue weighted by Gasteiger charge is 2.28. The Hall–Kier alpha value is -2.58. The number of carbonyl (C=O) groups excluding carboxylic acids is 2. The Kier molecular flexibility index (Phi) is 10.2. The van der Waals surface area contributed by atoms with E-state index in [1.165, 1.54) is 43.9 Å². The van der Waals surface area contributed by atoms with Crippen molar-refractivity contribution in [2.75, 3.05) is 5.01 Å². The fourth-order valence-electron chi connectivity index (χ4n) is 4.44. The molecule has 2 aromatic carbocycles. The van der Waals surface area contributed by atoms with E-state index in [-0.39, 0.29) is 27.9 Å². The molecule has 2 amide bonds. The number of hydrazine groups is 1. The monoisotopic (exact) mass is 533 g/mol. The summed E-state index contributed by atoms with van der Waals surface area (Å²) in [4.78, 5) is 25.0. The van der Waals surface area contributed by atoms with Crippen LogP contribution in [0.3, 0.4) is 0 Å². The number of sulfonamides is 1. The van der Waals surface area contributed by atoms with E-state index in [4.69, 9.17) is 11.6 Å². The van der Waals surface area contributed by atoms with E-state index in [9.17, 15) is 18.0 Å². The molecule has 2 aromatic rings. The zero-order valence-electron chi connectivity index (χ0n) is 21.1. The van der Waals surface area contributed by atoms with Crippen LogP contribution in [0.15, 0.2) is 47.4 Å². The second-order valence-electron chi connectivity index (χ2n) is 9.39. The van der Waals surface area contributed by atoms with Gasteiger partial charge in [0.15, 0.2) is 0 Å². The summed E-state index contributed by atoms with van der Waals surface area (Å²) in [5, 5.41) is 1.73. The molecule has 0 saturated carbocycles. The summed E-state index contributed by atoms with van der Waals surface area (Å²) in [6.45, 7) is 4.18. The van der Waals surface area contributed by atoms with Gasteiger partial charge in [-0.05, 0) is 49.6 Å². The van der Waals surface area contributed by atoms with Crippen LogP contribution in [0.2, 0.25) is 5.02 Å². The third-order valence-corrected chi connectivity index (χ3v) is 8.27. The fourth-order valence-corrected chi connectivity index (χ4v) is 5.98. The Balaban J connectivity index is 1.58. The van der Waals surface area contributed by atoms with Crippen molar-refractivity contribution < 1.29 is 18.0 Å². The van der Waals surface area contributed by atoms with Crippen LogP contribution < -0.4 is 15.2 Å². The van der Waals surface area contributed by atoms with Crippen molar-refractivity contribution in [3.63, 3.8) is 0 Å². The molecule has 3 rings (SSSR count).